The van der Waals surface area contributed by atoms with Crippen LogP contribution in [0, 0.1) is 5.82 Å². The molecule has 0 aliphatic rings. The Morgan fingerprint density at radius 3 is 2.55 bits per heavy atom. The van der Waals surface area contributed by atoms with Crippen molar-refractivity contribution in [1.82, 2.24) is 10.3 Å². The lowest BCUT2D eigenvalue weighted by atomic mass is 10.1. The van der Waals surface area contributed by atoms with Gasteiger partial charge in [-0.3, -0.25) is 9.78 Å². The molecule has 1 aromatic heterocycles. The number of benzene rings is 1. The van der Waals surface area contributed by atoms with Crippen LogP contribution in [0.1, 0.15) is 31.1 Å². The maximum Gasteiger partial charge on any atom is 0.253 e. The molecule has 2 rings (SSSR count). The minimum atomic E-state index is -0.483. The Bertz CT molecular complexity index is 698. The lowest BCUT2D eigenvalue weighted by Crippen LogP contribution is -2.40. The summed E-state index contributed by atoms with van der Waals surface area (Å²) in [6.45, 7) is 5.71. The van der Waals surface area contributed by atoms with Gasteiger partial charge >= 0.3 is 0 Å². The average molecular weight is 322 g/mol. The predicted octanol–water partition coefficient (Wildman–Crippen LogP) is 4.15. The summed E-state index contributed by atoms with van der Waals surface area (Å²) in [7, 11) is 0. The van der Waals surface area contributed by atoms with Crippen molar-refractivity contribution in [3.8, 4) is 0 Å². The van der Waals surface area contributed by atoms with Gasteiger partial charge in [-0.2, -0.15) is 0 Å². The van der Waals surface area contributed by atoms with E-state index in [1.165, 1.54) is 18.3 Å². The zero-order valence-corrected chi connectivity index (χ0v) is 13.3. The zero-order chi connectivity index (χ0) is 16.3. The van der Waals surface area contributed by atoms with E-state index in [2.05, 4.69) is 15.6 Å². The fourth-order valence-electron chi connectivity index (χ4n) is 1.79. The van der Waals surface area contributed by atoms with E-state index in [0.29, 0.717) is 16.9 Å². The number of pyridine rings is 1. The number of aromatic nitrogens is 1. The number of carbonyl (C=O) groups excluding carboxylic acids is 1. The molecule has 2 N–H and O–H groups in total. The van der Waals surface area contributed by atoms with Gasteiger partial charge in [-0.05, 0) is 45.0 Å². The third kappa shape index (κ3) is 4.43. The van der Waals surface area contributed by atoms with Crippen molar-refractivity contribution in [1.29, 1.82) is 0 Å². The lowest BCUT2D eigenvalue weighted by molar-refractivity contribution is 0.0919. The Kier molecular flexibility index (Phi) is 4.66. The smallest absolute Gasteiger partial charge is 0.253 e. The molecule has 0 radical (unpaired) electrons. The summed E-state index contributed by atoms with van der Waals surface area (Å²) in [5.74, 6) is -0.690. The highest BCUT2D eigenvalue weighted by atomic mass is 35.5. The molecule has 0 fully saturated rings. The van der Waals surface area contributed by atoms with Crippen LogP contribution in [-0.2, 0) is 0 Å². The molecule has 6 heteroatoms. The molecule has 116 valence electrons. The molecular formula is C16H17ClFN3O. The van der Waals surface area contributed by atoms with E-state index in [1.54, 1.807) is 18.3 Å². The highest BCUT2D eigenvalue weighted by molar-refractivity contribution is 6.31. The van der Waals surface area contributed by atoms with Crippen molar-refractivity contribution >= 4 is 28.9 Å². The van der Waals surface area contributed by atoms with Crippen LogP contribution in [0.25, 0.3) is 0 Å². The van der Waals surface area contributed by atoms with Gasteiger partial charge in [0.05, 0.1) is 22.5 Å². The molecule has 0 atom stereocenters. The molecule has 1 amide bonds. The number of nitrogens with zero attached hydrogens (tertiary/aromatic N) is 1. The number of rotatable bonds is 3. The van der Waals surface area contributed by atoms with Gasteiger partial charge in [-0.1, -0.05) is 11.6 Å². The van der Waals surface area contributed by atoms with Gasteiger partial charge in [0.15, 0.2) is 0 Å². The second kappa shape index (κ2) is 6.32. The molecule has 1 heterocycles. The third-order valence-corrected chi connectivity index (χ3v) is 2.99. The molecule has 22 heavy (non-hydrogen) atoms. The van der Waals surface area contributed by atoms with Gasteiger partial charge in [-0.25, -0.2) is 4.39 Å². The molecule has 0 aliphatic carbocycles. The normalized spacial score (nSPS) is 11.1. The summed E-state index contributed by atoms with van der Waals surface area (Å²) >= 11 is 5.74. The molecule has 0 saturated carbocycles. The minimum Gasteiger partial charge on any atom is -0.354 e. The molecule has 0 unspecified atom stereocenters. The molecule has 2 aromatic rings. The number of halogens is 2. The van der Waals surface area contributed by atoms with Crippen molar-refractivity contribution in [3.05, 3.63) is 53.1 Å². The first-order valence-corrected chi connectivity index (χ1v) is 7.12. The van der Waals surface area contributed by atoms with Crippen molar-refractivity contribution in [3.63, 3.8) is 0 Å². The SMILES string of the molecule is CC(C)(C)NC(=O)c1cncc(Nc2ccc(F)c(Cl)c2)c1. The van der Waals surface area contributed by atoms with Gasteiger partial charge in [0, 0.05) is 17.4 Å². The Balaban J connectivity index is 2.17. The topological polar surface area (TPSA) is 54.0 Å². The summed E-state index contributed by atoms with van der Waals surface area (Å²) < 4.78 is 13.1. The second-order valence-corrected chi connectivity index (χ2v) is 6.33. The average Bonchev–Trinajstić information content (AvgIpc) is 2.41. The van der Waals surface area contributed by atoms with Gasteiger partial charge in [0.2, 0.25) is 0 Å². The van der Waals surface area contributed by atoms with Crippen molar-refractivity contribution in [2.24, 2.45) is 0 Å². The van der Waals surface area contributed by atoms with E-state index in [0.717, 1.165) is 0 Å². The fourth-order valence-corrected chi connectivity index (χ4v) is 1.97. The van der Waals surface area contributed by atoms with Crippen molar-refractivity contribution < 1.29 is 9.18 Å². The van der Waals surface area contributed by atoms with Crippen molar-refractivity contribution in [2.75, 3.05) is 5.32 Å². The highest BCUT2D eigenvalue weighted by Crippen LogP contribution is 2.22. The van der Waals surface area contributed by atoms with Crippen LogP contribution in [0.2, 0.25) is 5.02 Å². The lowest BCUT2D eigenvalue weighted by Gasteiger charge is -2.20. The van der Waals surface area contributed by atoms with Crippen LogP contribution >= 0.6 is 11.6 Å². The van der Waals surface area contributed by atoms with Crippen LogP contribution in [0.5, 0.6) is 0 Å². The number of carbonyl (C=O) groups is 1. The molecule has 0 bridgehead atoms. The summed E-state index contributed by atoms with van der Waals surface area (Å²) in [5, 5.41) is 5.93. The van der Waals surface area contributed by atoms with Gasteiger partial charge in [0.1, 0.15) is 5.82 Å². The molecular weight excluding hydrogens is 305 g/mol. The summed E-state index contributed by atoms with van der Waals surface area (Å²) in [6, 6.07) is 5.97. The van der Waals surface area contributed by atoms with E-state index in [9.17, 15) is 9.18 Å². The molecule has 0 saturated heterocycles. The van der Waals surface area contributed by atoms with Crippen LogP contribution in [-0.4, -0.2) is 16.4 Å². The van der Waals surface area contributed by atoms with E-state index in [4.69, 9.17) is 11.6 Å². The van der Waals surface area contributed by atoms with Crippen LogP contribution in [0.15, 0.2) is 36.7 Å². The number of nitrogens with one attached hydrogen (secondary N) is 2. The molecule has 0 spiro atoms. The molecule has 4 nitrogen and oxygen atoms in total. The van der Waals surface area contributed by atoms with E-state index < -0.39 is 5.82 Å². The van der Waals surface area contributed by atoms with Gasteiger partial charge in [-0.15, -0.1) is 0 Å². The first-order valence-electron chi connectivity index (χ1n) is 6.74. The number of anilines is 2. The summed E-state index contributed by atoms with van der Waals surface area (Å²) in [4.78, 5) is 16.2. The quantitative estimate of drug-likeness (QED) is 0.893. The maximum absolute atomic E-state index is 13.1. The van der Waals surface area contributed by atoms with Crippen LogP contribution in [0.3, 0.4) is 0 Å². The Hall–Kier alpha value is -2.14. The van der Waals surface area contributed by atoms with Crippen molar-refractivity contribution in [2.45, 2.75) is 26.3 Å². The van der Waals surface area contributed by atoms with Gasteiger partial charge < -0.3 is 10.6 Å². The second-order valence-electron chi connectivity index (χ2n) is 5.92. The van der Waals surface area contributed by atoms with Gasteiger partial charge in [0.25, 0.3) is 5.91 Å². The van der Waals surface area contributed by atoms with Crippen LogP contribution in [0.4, 0.5) is 15.8 Å². The highest BCUT2D eigenvalue weighted by Gasteiger charge is 2.15. The van der Waals surface area contributed by atoms with Crippen LogP contribution < -0.4 is 10.6 Å². The largest absolute Gasteiger partial charge is 0.354 e. The Labute approximate surface area is 133 Å². The van der Waals surface area contributed by atoms with E-state index in [-0.39, 0.29) is 16.5 Å². The van der Waals surface area contributed by atoms with E-state index in [1.807, 2.05) is 20.8 Å². The number of hydrogen-bond acceptors (Lipinski definition) is 3. The fraction of sp³-hybridized carbons (Fsp3) is 0.250. The molecule has 0 aliphatic heterocycles. The monoisotopic (exact) mass is 321 g/mol. The third-order valence-electron chi connectivity index (χ3n) is 2.70. The first-order chi connectivity index (χ1) is 10.2. The number of hydrogen-bond donors (Lipinski definition) is 2. The summed E-state index contributed by atoms with van der Waals surface area (Å²) in [6.07, 6.45) is 3.06. The molecule has 1 aromatic carbocycles. The minimum absolute atomic E-state index is 0.0274. The Morgan fingerprint density at radius 2 is 1.91 bits per heavy atom. The number of amides is 1. The zero-order valence-electron chi connectivity index (χ0n) is 12.6. The maximum atomic E-state index is 13.1. The Morgan fingerprint density at radius 1 is 1.18 bits per heavy atom. The van der Waals surface area contributed by atoms with E-state index >= 15 is 0 Å². The summed E-state index contributed by atoms with van der Waals surface area (Å²) in [5.41, 5.74) is 1.34. The first kappa shape index (κ1) is 16.2. The predicted molar refractivity (Wildman–Crippen MR) is 86.1 cm³/mol. The standard InChI is InChI=1S/C16H17ClFN3O/c1-16(2,3)21-15(22)10-6-12(9-19-8-10)20-11-4-5-14(18)13(17)7-11/h4-9,20H,1-3H3,(H,21,22).